The number of benzene rings is 1. The molecular weight excluding hydrogens is 344 g/mol. The van der Waals surface area contributed by atoms with Crippen LogP contribution in [0.4, 0.5) is 0 Å². The first-order valence-electron chi connectivity index (χ1n) is 8.96. The number of rotatable bonds is 6. The fraction of sp³-hybridized carbons (Fsp3) is 0.250. The van der Waals surface area contributed by atoms with Crippen molar-refractivity contribution >= 4 is 22.5 Å². The smallest absolute Gasteiger partial charge is 0.291 e. The van der Waals surface area contributed by atoms with Crippen molar-refractivity contribution in [2.45, 2.75) is 25.8 Å². The molecule has 3 aromatic heterocycles. The highest BCUT2D eigenvalue weighted by Gasteiger charge is 2.22. The molecule has 1 amide bonds. The van der Waals surface area contributed by atoms with Crippen LogP contribution in [0.3, 0.4) is 0 Å². The molecule has 0 aliphatic carbocycles. The molecule has 0 spiro atoms. The van der Waals surface area contributed by atoms with Crippen LogP contribution in [0.2, 0.25) is 0 Å². The Morgan fingerprint density at radius 2 is 2.04 bits per heavy atom. The van der Waals surface area contributed by atoms with E-state index in [2.05, 4.69) is 10.4 Å². The topological polar surface area (TPSA) is 81.5 Å². The maximum Gasteiger partial charge on any atom is 0.291 e. The number of hydrogen-bond acceptors (Lipinski definition) is 4. The summed E-state index contributed by atoms with van der Waals surface area (Å²) in [5.41, 5.74) is 2.68. The number of furan rings is 1. The molecule has 0 aliphatic rings. The summed E-state index contributed by atoms with van der Waals surface area (Å²) in [6.07, 6.45) is 4.32. The lowest BCUT2D eigenvalue weighted by molar-refractivity contribution is -0.124. The van der Waals surface area contributed by atoms with Gasteiger partial charge in [-0.15, -0.1) is 0 Å². The van der Waals surface area contributed by atoms with E-state index in [4.69, 9.17) is 4.42 Å². The summed E-state index contributed by atoms with van der Waals surface area (Å²) in [4.78, 5) is 25.5. The molecular formula is C20H20N4O3. The fourth-order valence-electron chi connectivity index (χ4n) is 3.29. The molecule has 138 valence electrons. The standard InChI is InChI=1S/C20H20N4O3/c1-2-15(19(25)21-10-8-14-6-4-3-5-7-14)24-20(26)17-12-18-16(9-11-27-18)23(17)13-22-24/h3-7,9,11-13,15H,2,8,10H2,1H3,(H,21,25)/t15-/m0/s1. The fourth-order valence-corrected chi connectivity index (χ4v) is 3.29. The van der Waals surface area contributed by atoms with Crippen LogP contribution in [0.1, 0.15) is 24.9 Å². The van der Waals surface area contributed by atoms with Crippen molar-refractivity contribution in [2.24, 2.45) is 0 Å². The van der Waals surface area contributed by atoms with Gasteiger partial charge in [-0.2, -0.15) is 5.10 Å². The quantitative estimate of drug-likeness (QED) is 0.570. The number of fused-ring (bicyclic) bond motifs is 3. The largest absolute Gasteiger partial charge is 0.463 e. The van der Waals surface area contributed by atoms with Crippen molar-refractivity contribution in [2.75, 3.05) is 6.54 Å². The average Bonchev–Trinajstić information content (AvgIpc) is 3.27. The highest BCUT2D eigenvalue weighted by molar-refractivity contribution is 5.82. The van der Waals surface area contributed by atoms with Crippen LogP contribution in [0.5, 0.6) is 0 Å². The molecule has 0 fully saturated rings. The zero-order valence-corrected chi connectivity index (χ0v) is 15.0. The Balaban J connectivity index is 1.55. The molecule has 3 heterocycles. The van der Waals surface area contributed by atoms with Gasteiger partial charge in [0, 0.05) is 18.7 Å². The maximum absolute atomic E-state index is 12.9. The molecule has 0 saturated heterocycles. The summed E-state index contributed by atoms with van der Waals surface area (Å²) in [6, 6.07) is 12.7. The minimum Gasteiger partial charge on any atom is -0.463 e. The van der Waals surface area contributed by atoms with Gasteiger partial charge in [-0.1, -0.05) is 37.3 Å². The van der Waals surface area contributed by atoms with Crippen LogP contribution in [0, 0.1) is 0 Å². The van der Waals surface area contributed by atoms with Gasteiger partial charge in [0.05, 0.1) is 11.8 Å². The zero-order chi connectivity index (χ0) is 18.8. The van der Waals surface area contributed by atoms with Gasteiger partial charge in [0.1, 0.15) is 17.9 Å². The van der Waals surface area contributed by atoms with Gasteiger partial charge < -0.3 is 9.73 Å². The van der Waals surface area contributed by atoms with Gasteiger partial charge in [-0.25, -0.2) is 4.68 Å². The molecule has 1 aromatic carbocycles. The number of hydrogen-bond donors (Lipinski definition) is 1. The molecule has 4 rings (SSSR count). The summed E-state index contributed by atoms with van der Waals surface area (Å²) < 4.78 is 8.29. The summed E-state index contributed by atoms with van der Waals surface area (Å²) in [5, 5.41) is 7.15. The Bertz CT molecular complexity index is 1140. The van der Waals surface area contributed by atoms with E-state index in [0.717, 1.165) is 17.5 Å². The maximum atomic E-state index is 12.9. The predicted octanol–water partition coefficient (Wildman–Crippen LogP) is 2.55. The lowest BCUT2D eigenvalue weighted by atomic mass is 10.1. The van der Waals surface area contributed by atoms with Crippen LogP contribution >= 0.6 is 0 Å². The number of amides is 1. The van der Waals surface area contributed by atoms with E-state index in [1.165, 1.54) is 4.68 Å². The molecule has 1 atom stereocenters. The van der Waals surface area contributed by atoms with Crippen LogP contribution in [0.25, 0.3) is 16.6 Å². The summed E-state index contributed by atoms with van der Waals surface area (Å²) in [5.74, 6) is -0.206. The van der Waals surface area contributed by atoms with Crippen molar-refractivity contribution in [3.05, 3.63) is 71.0 Å². The SMILES string of the molecule is CC[C@@H](C(=O)NCCc1ccccc1)n1ncn2c(cc3occc32)c1=O. The highest BCUT2D eigenvalue weighted by Crippen LogP contribution is 2.19. The van der Waals surface area contributed by atoms with E-state index < -0.39 is 6.04 Å². The Kier molecular flexibility index (Phi) is 4.50. The van der Waals surface area contributed by atoms with Gasteiger partial charge in [-0.3, -0.25) is 14.0 Å². The molecule has 1 N–H and O–H groups in total. The summed E-state index contributed by atoms with van der Waals surface area (Å²) in [6.45, 7) is 2.37. The monoisotopic (exact) mass is 364 g/mol. The first kappa shape index (κ1) is 17.1. The van der Waals surface area contributed by atoms with Crippen molar-refractivity contribution in [3.8, 4) is 0 Å². The summed E-state index contributed by atoms with van der Waals surface area (Å²) in [7, 11) is 0. The molecule has 0 bridgehead atoms. The first-order chi connectivity index (χ1) is 13.2. The molecule has 7 nitrogen and oxygen atoms in total. The molecule has 7 heteroatoms. The molecule has 0 saturated carbocycles. The first-order valence-corrected chi connectivity index (χ1v) is 8.96. The number of carbonyl (C=O) groups is 1. The third kappa shape index (κ3) is 3.12. The predicted molar refractivity (Wildman–Crippen MR) is 102 cm³/mol. The molecule has 0 unspecified atom stereocenters. The minimum absolute atomic E-state index is 0.206. The van der Waals surface area contributed by atoms with Crippen molar-refractivity contribution in [1.82, 2.24) is 19.5 Å². The Hall–Kier alpha value is -3.35. The minimum atomic E-state index is -0.653. The lowest BCUT2D eigenvalue weighted by Gasteiger charge is -2.16. The van der Waals surface area contributed by atoms with Gasteiger partial charge in [-0.05, 0) is 18.4 Å². The number of nitrogens with one attached hydrogen (secondary N) is 1. The third-order valence-corrected chi connectivity index (χ3v) is 4.72. The Morgan fingerprint density at radius 1 is 1.22 bits per heavy atom. The van der Waals surface area contributed by atoms with Gasteiger partial charge >= 0.3 is 0 Å². The third-order valence-electron chi connectivity index (χ3n) is 4.72. The Labute approximate surface area is 155 Å². The second-order valence-electron chi connectivity index (χ2n) is 6.40. The van der Waals surface area contributed by atoms with Crippen LogP contribution in [0.15, 0.2) is 64.3 Å². The van der Waals surface area contributed by atoms with E-state index >= 15 is 0 Å². The molecule has 0 aliphatic heterocycles. The van der Waals surface area contributed by atoms with Gasteiger partial charge in [0.15, 0.2) is 5.58 Å². The Morgan fingerprint density at radius 3 is 2.81 bits per heavy atom. The van der Waals surface area contributed by atoms with Gasteiger partial charge in [0.2, 0.25) is 5.91 Å². The van der Waals surface area contributed by atoms with Crippen molar-refractivity contribution in [3.63, 3.8) is 0 Å². The average molecular weight is 364 g/mol. The highest BCUT2D eigenvalue weighted by atomic mass is 16.3. The normalized spacial score (nSPS) is 12.5. The number of nitrogens with zero attached hydrogens (tertiary/aromatic N) is 3. The number of aromatic nitrogens is 3. The zero-order valence-electron chi connectivity index (χ0n) is 15.0. The van der Waals surface area contributed by atoms with E-state index in [1.807, 2.05) is 37.3 Å². The van der Waals surface area contributed by atoms with E-state index in [-0.39, 0.29) is 11.5 Å². The second kappa shape index (κ2) is 7.11. The van der Waals surface area contributed by atoms with Crippen LogP contribution < -0.4 is 10.9 Å². The molecule has 27 heavy (non-hydrogen) atoms. The summed E-state index contributed by atoms with van der Waals surface area (Å²) >= 11 is 0. The van der Waals surface area contributed by atoms with Crippen molar-refractivity contribution < 1.29 is 9.21 Å². The van der Waals surface area contributed by atoms with Gasteiger partial charge in [0.25, 0.3) is 5.56 Å². The molecule has 4 aromatic rings. The van der Waals surface area contributed by atoms with E-state index in [0.29, 0.717) is 24.1 Å². The lowest BCUT2D eigenvalue weighted by Crippen LogP contribution is -2.39. The second-order valence-corrected chi connectivity index (χ2v) is 6.40. The van der Waals surface area contributed by atoms with E-state index in [1.54, 1.807) is 29.1 Å². The number of carbonyl (C=O) groups excluding carboxylic acids is 1. The van der Waals surface area contributed by atoms with E-state index in [9.17, 15) is 9.59 Å². The van der Waals surface area contributed by atoms with Crippen LogP contribution in [-0.2, 0) is 11.2 Å². The van der Waals surface area contributed by atoms with Crippen molar-refractivity contribution in [1.29, 1.82) is 0 Å². The molecule has 0 radical (unpaired) electrons. The van der Waals surface area contributed by atoms with Crippen LogP contribution in [-0.4, -0.2) is 26.6 Å².